The molecule has 0 atom stereocenters. The van der Waals surface area contributed by atoms with Crippen molar-refractivity contribution in [3.63, 3.8) is 0 Å². The average Bonchev–Trinajstić information content (AvgIpc) is 2.74. The van der Waals surface area contributed by atoms with Crippen molar-refractivity contribution in [1.82, 2.24) is 4.31 Å². The third-order valence-electron chi connectivity index (χ3n) is 5.47. The van der Waals surface area contributed by atoms with E-state index in [1.54, 1.807) is 19.1 Å². The number of sulfonamides is 1. The van der Waals surface area contributed by atoms with Gasteiger partial charge in [-0.1, -0.05) is 23.8 Å². The van der Waals surface area contributed by atoms with Crippen LogP contribution in [-0.2, 0) is 19.6 Å². The molecule has 0 spiro atoms. The zero-order chi connectivity index (χ0) is 22.8. The number of para-hydroxylation sites is 1. The van der Waals surface area contributed by atoms with Gasteiger partial charge in [-0.05, 0) is 50.5 Å². The summed E-state index contributed by atoms with van der Waals surface area (Å²) in [6.07, 6.45) is 0.709. The Morgan fingerprint density at radius 1 is 1.13 bits per heavy atom. The molecule has 9 heteroatoms. The van der Waals surface area contributed by atoms with Gasteiger partial charge in [-0.15, -0.1) is 0 Å². The summed E-state index contributed by atoms with van der Waals surface area (Å²) in [7, 11) is -2.43. The van der Waals surface area contributed by atoms with Gasteiger partial charge in [0.25, 0.3) is 0 Å². The van der Waals surface area contributed by atoms with Crippen LogP contribution in [0.4, 0.5) is 5.69 Å². The first-order valence-corrected chi connectivity index (χ1v) is 11.4. The summed E-state index contributed by atoms with van der Waals surface area (Å²) in [6, 6.07) is 9.64. The van der Waals surface area contributed by atoms with Crippen molar-refractivity contribution >= 4 is 27.6 Å². The lowest BCUT2D eigenvalue weighted by molar-refractivity contribution is -0.120. The zero-order valence-corrected chi connectivity index (χ0v) is 18.5. The molecular formula is C22H26N2O6S. The maximum Gasteiger partial charge on any atom is 0.341 e. The van der Waals surface area contributed by atoms with Crippen LogP contribution in [0, 0.1) is 19.8 Å². The Kier molecular flexibility index (Phi) is 6.66. The first-order chi connectivity index (χ1) is 14.6. The Morgan fingerprint density at radius 2 is 1.81 bits per heavy atom. The van der Waals surface area contributed by atoms with Crippen LogP contribution in [-0.4, -0.2) is 49.9 Å². The van der Waals surface area contributed by atoms with Crippen molar-refractivity contribution in [2.24, 2.45) is 5.92 Å². The van der Waals surface area contributed by atoms with Crippen molar-refractivity contribution in [3.05, 3.63) is 53.1 Å². The Balaban J connectivity index is 1.67. The Hall–Kier alpha value is -2.91. The third-order valence-corrected chi connectivity index (χ3v) is 7.53. The molecule has 2 N–H and O–H groups in total. The molecule has 0 bridgehead atoms. The minimum atomic E-state index is -3.63. The molecule has 1 amide bonds. The van der Waals surface area contributed by atoms with Gasteiger partial charge in [0.1, 0.15) is 5.56 Å². The van der Waals surface area contributed by atoms with Gasteiger partial charge in [-0.25, -0.2) is 13.2 Å². The molecule has 2 aromatic carbocycles. The van der Waals surface area contributed by atoms with Crippen molar-refractivity contribution in [3.8, 4) is 5.75 Å². The number of rotatable bonds is 5. The molecule has 1 saturated heterocycles. The van der Waals surface area contributed by atoms with E-state index in [1.807, 2.05) is 13.0 Å². The summed E-state index contributed by atoms with van der Waals surface area (Å²) in [5.41, 5.74) is 1.75. The fraction of sp³-hybridized carbons (Fsp3) is 0.364. The predicted octanol–water partition coefficient (Wildman–Crippen LogP) is 2.84. The number of benzene rings is 2. The fourth-order valence-corrected chi connectivity index (χ4v) is 5.42. The lowest BCUT2D eigenvalue weighted by Crippen LogP contribution is -2.41. The molecule has 0 aliphatic carbocycles. The standard InChI is InChI=1S/C22H26N2O6S/c1-14-7-8-19(15(2)13-14)31(28,29)24-11-9-16(10-12-24)21(26)23-18-6-4-5-17(20(18)25)22(27)30-3/h4-8,13,16,25H,9-12H2,1-3H3,(H,23,26). The molecule has 31 heavy (non-hydrogen) atoms. The Bertz CT molecular complexity index is 1100. The molecular weight excluding hydrogens is 420 g/mol. The molecule has 0 unspecified atom stereocenters. The van der Waals surface area contributed by atoms with E-state index >= 15 is 0 Å². The third kappa shape index (κ3) is 4.72. The molecule has 0 aromatic heterocycles. The number of nitrogens with zero attached hydrogens (tertiary/aromatic N) is 1. The van der Waals surface area contributed by atoms with E-state index < -0.39 is 21.9 Å². The number of anilines is 1. The van der Waals surface area contributed by atoms with Gasteiger partial charge >= 0.3 is 5.97 Å². The van der Waals surface area contributed by atoms with Crippen LogP contribution < -0.4 is 5.32 Å². The van der Waals surface area contributed by atoms with Gasteiger partial charge in [0.05, 0.1) is 17.7 Å². The minimum absolute atomic E-state index is 0.0466. The smallest absolute Gasteiger partial charge is 0.341 e. The summed E-state index contributed by atoms with van der Waals surface area (Å²) >= 11 is 0. The van der Waals surface area contributed by atoms with E-state index in [4.69, 9.17) is 0 Å². The molecule has 8 nitrogen and oxygen atoms in total. The molecule has 0 radical (unpaired) electrons. The van der Waals surface area contributed by atoms with Crippen LogP contribution in [0.3, 0.4) is 0 Å². The first kappa shape index (κ1) is 22.8. The van der Waals surface area contributed by atoms with Gasteiger partial charge in [0.15, 0.2) is 5.75 Å². The van der Waals surface area contributed by atoms with Crippen LogP contribution in [0.15, 0.2) is 41.3 Å². The van der Waals surface area contributed by atoms with Crippen molar-refractivity contribution < 1.29 is 27.9 Å². The normalized spacial score (nSPS) is 15.5. The second-order valence-electron chi connectivity index (χ2n) is 7.63. The lowest BCUT2D eigenvalue weighted by atomic mass is 9.97. The largest absolute Gasteiger partial charge is 0.505 e. The van der Waals surface area contributed by atoms with Gasteiger partial charge in [-0.2, -0.15) is 4.31 Å². The molecule has 1 fully saturated rings. The number of hydrogen-bond acceptors (Lipinski definition) is 6. The highest BCUT2D eigenvalue weighted by atomic mass is 32.2. The average molecular weight is 447 g/mol. The number of piperidine rings is 1. The second-order valence-corrected chi connectivity index (χ2v) is 9.54. The summed E-state index contributed by atoms with van der Waals surface area (Å²) in [6.45, 7) is 4.13. The summed E-state index contributed by atoms with van der Waals surface area (Å²) in [4.78, 5) is 24.7. The van der Waals surface area contributed by atoms with E-state index in [-0.39, 0.29) is 40.9 Å². The van der Waals surface area contributed by atoms with Crippen molar-refractivity contribution in [2.75, 3.05) is 25.5 Å². The van der Waals surface area contributed by atoms with E-state index in [2.05, 4.69) is 10.1 Å². The van der Waals surface area contributed by atoms with E-state index in [1.165, 1.54) is 29.6 Å². The fourth-order valence-electron chi connectivity index (χ4n) is 3.74. The molecule has 1 aliphatic rings. The van der Waals surface area contributed by atoms with Gasteiger partial charge < -0.3 is 15.2 Å². The highest BCUT2D eigenvalue weighted by Crippen LogP contribution is 2.30. The Morgan fingerprint density at radius 3 is 2.42 bits per heavy atom. The van der Waals surface area contributed by atoms with Gasteiger partial charge in [0.2, 0.25) is 15.9 Å². The highest BCUT2D eigenvalue weighted by Gasteiger charge is 2.33. The van der Waals surface area contributed by atoms with Crippen LogP contribution in [0.25, 0.3) is 0 Å². The zero-order valence-electron chi connectivity index (χ0n) is 17.7. The highest BCUT2D eigenvalue weighted by molar-refractivity contribution is 7.89. The molecule has 1 heterocycles. The quantitative estimate of drug-likeness (QED) is 0.539. The van der Waals surface area contributed by atoms with E-state index in [9.17, 15) is 23.1 Å². The number of esters is 1. The summed E-state index contributed by atoms with van der Waals surface area (Å²) in [5.74, 6) is -1.82. The van der Waals surface area contributed by atoms with Crippen LogP contribution in [0.2, 0.25) is 0 Å². The number of nitrogens with one attached hydrogen (secondary N) is 1. The van der Waals surface area contributed by atoms with Crippen LogP contribution in [0.1, 0.15) is 34.3 Å². The van der Waals surface area contributed by atoms with Gasteiger partial charge in [0, 0.05) is 19.0 Å². The van der Waals surface area contributed by atoms with Crippen LogP contribution >= 0.6 is 0 Å². The molecule has 0 saturated carbocycles. The predicted molar refractivity (Wildman–Crippen MR) is 115 cm³/mol. The number of amides is 1. The topological polar surface area (TPSA) is 113 Å². The number of ether oxygens (including phenoxy) is 1. The first-order valence-electron chi connectivity index (χ1n) is 9.93. The maximum atomic E-state index is 13.0. The number of carbonyl (C=O) groups is 2. The lowest BCUT2D eigenvalue weighted by Gasteiger charge is -2.31. The molecule has 166 valence electrons. The minimum Gasteiger partial charge on any atom is -0.505 e. The molecule has 3 rings (SSSR count). The van der Waals surface area contributed by atoms with Gasteiger partial charge in [-0.3, -0.25) is 4.79 Å². The van der Waals surface area contributed by atoms with E-state index in [0.29, 0.717) is 18.4 Å². The Labute approximate surface area is 181 Å². The number of carbonyl (C=O) groups excluding carboxylic acids is 2. The number of aryl methyl sites for hydroxylation is 2. The maximum absolute atomic E-state index is 13.0. The summed E-state index contributed by atoms with van der Waals surface area (Å²) < 4.78 is 32.0. The summed E-state index contributed by atoms with van der Waals surface area (Å²) in [5, 5.41) is 12.9. The number of hydrogen-bond donors (Lipinski definition) is 2. The second kappa shape index (κ2) is 9.07. The van der Waals surface area contributed by atoms with Crippen molar-refractivity contribution in [1.29, 1.82) is 0 Å². The van der Waals surface area contributed by atoms with E-state index in [0.717, 1.165) is 5.56 Å². The number of phenols is 1. The number of phenolic OH excluding ortho intramolecular Hbond substituents is 1. The number of aromatic hydroxyl groups is 1. The monoisotopic (exact) mass is 446 g/mol. The van der Waals surface area contributed by atoms with Crippen molar-refractivity contribution in [2.45, 2.75) is 31.6 Å². The van der Waals surface area contributed by atoms with Crippen LogP contribution in [0.5, 0.6) is 5.75 Å². The SMILES string of the molecule is COC(=O)c1cccc(NC(=O)C2CCN(S(=O)(=O)c3ccc(C)cc3C)CC2)c1O. The molecule has 1 aliphatic heterocycles. The number of methoxy groups -OCH3 is 1. The molecule has 2 aromatic rings.